The second-order valence-electron chi connectivity index (χ2n) is 9.15. The van der Waals surface area contributed by atoms with Gasteiger partial charge >= 0.3 is 0 Å². The van der Waals surface area contributed by atoms with E-state index in [-0.39, 0.29) is 5.78 Å². The number of carbonyl (C=O) groups is 1. The molecule has 0 radical (unpaired) electrons. The molecule has 0 saturated heterocycles. The highest BCUT2D eigenvalue weighted by molar-refractivity contribution is 8.17. The van der Waals surface area contributed by atoms with Gasteiger partial charge in [-0.3, -0.25) is 4.79 Å². The number of Topliss-reactive ketones (excluding diaryl/α,β-unsaturated/α-hetero) is 1. The van der Waals surface area contributed by atoms with Crippen LogP contribution in [0.1, 0.15) is 34.3 Å². The van der Waals surface area contributed by atoms with Gasteiger partial charge in [-0.1, -0.05) is 96.6 Å². The number of hydrazone groups is 2. The van der Waals surface area contributed by atoms with Crippen molar-refractivity contribution in [2.75, 3.05) is 10.0 Å². The van der Waals surface area contributed by atoms with Crippen LogP contribution in [0.2, 0.25) is 0 Å². The number of aryl methyl sites for hydroxylation is 1. The maximum absolute atomic E-state index is 13.6. The van der Waals surface area contributed by atoms with E-state index in [9.17, 15) is 4.79 Å². The highest BCUT2D eigenvalue weighted by atomic mass is 32.2. The Labute approximate surface area is 221 Å². The fourth-order valence-electron chi connectivity index (χ4n) is 4.72. The maximum Gasteiger partial charge on any atom is 0.219 e. The van der Waals surface area contributed by atoms with Gasteiger partial charge in [0.1, 0.15) is 0 Å². The van der Waals surface area contributed by atoms with Crippen LogP contribution in [0.3, 0.4) is 0 Å². The molecule has 0 amide bonds. The summed E-state index contributed by atoms with van der Waals surface area (Å²) in [6.07, 6.45) is 1.48. The predicted molar refractivity (Wildman–Crippen MR) is 153 cm³/mol. The third kappa shape index (κ3) is 4.34. The molecular formula is C31H26N4OS. The number of para-hydroxylation sites is 2. The van der Waals surface area contributed by atoms with Crippen LogP contribution in [-0.4, -0.2) is 21.5 Å². The summed E-state index contributed by atoms with van der Waals surface area (Å²) >= 11 is 1.49. The topological polar surface area (TPSA) is 48.3 Å². The van der Waals surface area contributed by atoms with E-state index in [1.807, 2.05) is 83.9 Å². The molecule has 0 fully saturated rings. The molecule has 5 nitrogen and oxygen atoms in total. The number of ketones is 1. The number of rotatable bonds is 5. The molecule has 37 heavy (non-hydrogen) atoms. The van der Waals surface area contributed by atoms with Crippen molar-refractivity contribution in [3.63, 3.8) is 0 Å². The third-order valence-corrected chi connectivity index (χ3v) is 7.97. The monoisotopic (exact) mass is 502 g/mol. The average Bonchev–Trinajstić information content (AvgIpc) is 3.34. The molecule has 0 aliphatic carbocycles. The van der Waals surface area contributed by atoms with Crippen molar-refractivity contribution in [3.05, 3.63) is 132 Å². The third-order valence-electron chi connectivity index (χ3n) is 6.64. The van der Waals surface area contributed by atoms with Crippen molar-refractivity contribution < 1.29 is 4.79 Å². The van der Waals surface area contributed by atoms with Crippen molar-refractivity contribution in [1.29, 1.82) is 0 Å². The van der Waals surface area contributed by atoms with Crippen molar-refractivity contribution in [1.82, 2.24) is 0 Å². The quantitative estimate of drug-likeness (QED) is 0.273. The van der Waals surface area contributed by atoms with Crippen LogP contribution in [0, 0.1) is 6.92 Å². The highest BCUT2D eigenvalue weighted by Crippen LogP contribution is 2.50. The molecule has 0 saturated carbocycles. The first kappa shape index (κ1) is 23.3. The summed E-state index contributed by atoms with van der Waals surface area (Å²) in [5.41, 5.74) is 5.84. The summed E-state index contributed by atoms with van der Waals surface area (Å²) in [6, 6.07) is 38.1. The SMILES string of the molecule is Cc1ccc(C2=NN(c3ccccc3)[C@@]3(CC2)SC(C(=O)c2ccccc2)=NN3c2ccccc2)cc1. The Bertz CT molecular complexity index is 1470. The zero-order chi connectivity index (χ0) is 25.2. The molecule has 0 bridgehead atoms. The molecular weight excluding hydrogens is 476 g/mol. The second-order valence-corrected chi connectivity index (χ2v) is 10.4. The molecule has 2 aliphatic heterocycles. The molecule has 182 valence electrons. The van der Waals surface area contributed by atoms with Crippen LogP contribution in [0.5, 0.6) is 0 Å². The lowest BCUT2D eigenvalue weighted by Crippen LogP contribution is -2.56. The first-order chi connectivity index (χ1) is 18.1. The summed E-state index contributed by atoms with van der Waals surface area (Å²) < 4.78 is 0. The first-order valence-corrected chi connectivity index (χ1v) is 13.2. The van der Waals surface area contributed by atoms with Crippen LogP contribution in [0.25, 0.3) is 0 Å². The summed E-state index contributed by atoms with van der Waals surface area (Å²) in [6.45, 7) is 2.09. The Morgan fingerprint density at radius 3 is 1.86 bits per heavy atom. The molecule has 2 aliphatic rings. The number of anilines is 2. The van der Waals surface area contributed by atoms with Gasteiger partial charge in [0.25, 0.3) is 0 Å². The van der Waals surface area contributed by atoms with Gasteiger partial charge in [-0.25, -0.2) is 10.0 Å². The standard InChI is InChI=1S/C31H26N4OS/c1-23-17-19-24(20-18-23)28-21-22-31(34(32-28)26-13-7-3-8-14-26)35(27-15-9-4-10-16-27)33-30(37-31)29(36)25-11-5-2-6-12-25/h2-20H,21-22H2,1H3/t31-/m1/s1. The highest BCUT2D eigenvalue weighted by Gasteiger charge is 2.53. The minimum Gasteiger partial charge on any atom is -0.286 e. The van der Waals surface area contributed by atoms with Crippen molar-refractivity contribution in [3.8, 4) is 0 Å². The lowest BCUT2D eigenvalue weighted by Gasteiger charge is -2.46. The molecule has 2 heterocycles. The fourth-order valence-corrected chi connectivity index (χ4v) is 6.04. The molecule has 0 unspecified atom stereocenters. The predicted octanol–water partition coefficient (Wildman–Crippen LogP) is 7.10. The molecule has 4 aromatic carbocycles. The minimum absolute atomic E-state index is 0.0790. The number of benzene rings is 4. The van der Waals surface area contributed by atoms with E-state index in [0.29, 0.717) is 10.6 Å². The first-order valence-electron chi connectivity index (χ1n) is 12.4. The van der Waals surface area contributed by atoms with E-state index in [4.69, 9.17) is 10.2 Å². The Hall–Kier alpha value is -4.16. The summed E-state index contributed by atoms with van der Waals surface area (Å²) in [4.78, 5) is 12.9. The van der Waals surface area contributed by atoms with E-state index in [2.05, 4.69) is 48.3 Å². The zero-order valence-electron chi connectivity index (χ0n) is 20.5. The summed E-state index contributed by atoms with van der Waals surface area (Å²) in [7, 11) is 0. The molecule has 6 heteroatoms. The number of thioether (sulfide) groups is 1. The molecule has 1 atom stereocenters. The Kier molecular flexibility index (Phi) is 6.10. The molecule has 1 spiro atoms. The second kappa shape index (κ2) is 9.71. The normalized spacial score (nSPS) is 19.1. The van der Waals surface area contributed by atoms with Crippen LogP contribution in [0.15, 0.2) is 125 Å². The van der Waals surface area contributed by atoms with E-state index < -0.39 is 4.99 Å². The lowest BCUT2D eigenvalue weighted by atomic mass is 10.0. The van der Waals surface area contributed by atoms with Gasteiger partial charge in [-0.05, 0) is 54.9 Å². The van der Waals surface area contributed by atoms with Gasteiger partial charge in [-0.15, -0.1) is 0 Å². The number of hydrogen-bond acceptors (Lipinski definition) is 6. The summed E-state index contributed by atoms with van der Waals surface area (Å²) in [5.74, 6) is -0.0790. The van der Waals surface area contributed by atoms with Crippen LogP contribution in [-0.2, 0) is 0 Å². The van der Waals surface area contributed by atoms with Crippen molar-refractivity contribution in [2.24, 2.45) is 10.2 Å². The van der Waals surface area contributed by atoms with Gasteiger partial charge in [0.15, 0.2) is 5.04 Å². The van der Waals surface area contributed by atoms with Gasteiger partial charge in [0.05, 0.1) is 17.1 Å². The van der Waals surface area contributed by atoms with E-state index in [1.165, 1.54) is 17.3 Å². The van der Waals surface area contributed by atoms with Gasteiger partial charge < -0.3 is 0 Å². The van der Waals surface area contributed by atoms with Crippen molar-refractivity contribution >= 4 is 39.7 Å². The largest absolute Gasteiger partial charge is 0.286 e. The molecule has 6 rings (SSSR count). The molecule has 4 aromatic rings. The zero-order valence-corrected chi connectivity index (χ0v) is 21.3. The van der Waals surface area contributed by atoms with Crippen LogP contribution < -0.4 is 10.0 Å². The Morgan fingerprint density at radius 2 is 1.27 bits per heavy atom. The Balaban J connectivity index is 1.49. The number of carbonyl (C=O) groups excluding carboxylic acids is 1. The van der Waals surface area contributed by atoms with Crippen LogP contribution in [0.4, 0.5) is 11.4 Å². The van der Waals surface area contributed by atoms with E-state index in [1.54, 1.807) is 0 Å². The van der Waals surface area contributed by atoms with Gasteiger partial charge in [-0.2, -0.15) is 10.2 Å². The molecule has 0 aromatic heterocycles. The van der Waals surface area contributed by atoms with Crippen LogP contribution >= 0.6 is 11.8 Å². The maximum atomic E-state index is 13.6. The number of nitrogens with zero attached hydrogens (tertiary/aromatic N) is 4. The smallest absolute Gasteiger partial charge is 0.219 e. The lowest BCUT2D eigenvalue weighted by molar-refractivity contribution is 0.106. The Morgan fingerprint density at radius 1 is 0.730 bits per heavy atom. The van der Waals surface area contributed by atoms with Gasteiger partial charge in [0, 0.05) is 12.0 Å². The van der Waals surface area contributed by atoms with E-state index in [0.717, 1.165) is 35.5 Å². The summed E-state index contributed by atoms with van der Waals surface area (Å²) in [5, 5.41) is 14.7. The van der Waals surface area contributed by atoms with Gasteiger partial charge in [0.2, 0.25) is 10.8 Å². The van der Waals surface area contributed by atoms with Crippen molar-refractivity contribution in [2.45, 2.75) is 24.8 Å². The van der Waals surface area contributed by atoms with E-state index >= 15 is 0 Å². The minimum atomic E-state index is -0.726. The fraction of sp³-hybridized carbons (Fsp3) is 0.129. The number of hydrogen-bond donors (Lipinski definition) is 0. The molecule has 0 N–H and O–H groups in total. The average molecular weight is 503 g/mol.